The Balaban J connectivity index is 0.00000192. The van der Waals surface area contributed by atoms with Crippen molar-refractivity contribution in [3.05, 3.63) is 64.2 Å². The van der Waals surface area contributed by atoms with Gasteiger partial charge >= 0.3 is 0 Å². The summed E-state index contributed by atoms with van der Waals surface area (Å²) in [6, 6.07) is 14.1. The van der Waals surface area contributed by atoms with Gasteiger partial charge in [0.05, 0.1) is 19.6 Å². The van der Waals surface area contributed by atoms with Crippen LogP contribution in [-0.2, 0) is 6.54 Å². The third-order valence-electron chi connectivity index (χ3n) is 4.01. The average molecular weight is 351 g/mol. The van der Waals surface area contributed by atoms with E-state index in [1.165, 1.54) is 5.56 Å². The average Bonchev–Trinajstić information content (AvgIpc) is 2.53. The molecule has 3 nitrogen and oxygen atoms in total. The number of halogens is 2. The second-order valence-corrected chi connectivity index (χ2v) is 5.96. The lowest BCUT2D eigenvalue weighted by Crippen LogP contribution is -2.32. The fourth-order valence-corrected chi connectivity index (χ4v) is 3.27. The summed E-state index contributed by atoms with van der Waals surface area (Å²) >= 11 is 6.48. The molecule has 1 atom stereocenters. The van der Waals surface area contributed by atoms with Crippen molar-refractivity contribution >= 4 is 29.8 Å². The smallest absolute Gasteiger partial charge is 0.123 e. The molecule has 3 rings (SSSR count). The van der Waals surface area contributed by atoms with Crippen LogP contribution in [0.25, 0.3) is 0 Å². The molecule has 0 spiro atoms. The minimum absolute atomic E-state index is 0. The number of methoxy groups -OCH3 is 1. The number of amidine groups is 1. The molecule has 122 valence electrons. The van der Waals surface area contributed by atoms with Crippen LogP contribution >= 0.6 is 24.0 Å². The molecule has 2 aromatic carbocycles. The molecule has 0 aromatic heterocycles. The van der Waals surface area contributed by atoms with Gasteiger partial charge in [-0.2, -0.15) is 0 Å². The first-order chi connectivity index (χ1) is 10.6. The first-order valence-electron chi connectivity index (χ1n) is 7.25. The zero-order valence-corrected chi connectivity index (χ0v) is 15.0. The fraction of sp³-hybridized carbons (Fsp3) is 0.278. The fourth-order valence-electron chi connectivity index (χ4n) is 3.02. The minimum Gasteiger partial charge on any atom is -0.496 e. The molecule has 0 saturated carbocycles. The van der Waals surface area contributed by atoms with Crippen LogP contribution in [0.5, 0.6) is 5.75 Å². The molecule has 0 bridgehead atoms. The van der Waals surface area contributed by atoms with Crippen LogP contribution in [0.1, 0.15) is 22.6 Å². The standard InChI is InChI=1S/C18H19ClN2O.ClH/c1-21(2)18-17(13-8-4-5-9-14(13)19)16-12(11-20-18)7-6-10-15(16)22-3;/h4-10,17H,11H2,1-3H3;1H. The molecule has 1 heterocycles. The van der Waals surface area contributed by atoms with Crippen LogP contribution in [-0.4, -0.2) is 31.9 Å². The molecule has 2 aromatic rings. The molecule has 0 radical (unpaired) electrons. The Morgan fingerprint density at radius 2 is 1.87 bits per heavy atom. The summed E-state index contributed by atoms with van der Waals surface area (Å²) in [6.07, 6.45) is 0. The Morgan fingerprint density at radius 3 is 2.52 bits per heavy atom. The van der Waals surface area contributed by atoms with Crippen LogP contribution in [0.4, 0.5) is 0 Å². The van der Waals surface area contributed by atoms with Crippen molar-refractivity contribution in [3.8, 4) is 5.75 Å². The molecule has 0 aliphatic carbocycles. The van der Waals surface area contributed by atoms with Gasteiger partial charge in [0.2, 0.25) is 0 Å². The van der Waals surface area contributed by atoms with E-state index in [2.05, 4.69) is 17.0 Å². The van der Waals surface area contributed by atoms with Gasteiger partial charge in [-0.1, -0.05) is 41.9 Å². The van der Waals surface area contributed by atoms with E-state index >= 15 is 0 Å². The zero-order chi connectivity index (χ0) is 15.7. The number of hydrogen-bond donors (Lipinski definition) is 0. The first-order valence-corrected chi connectivity index (χ1v) is 7.63. The number of rotatable bonds is 2. The maximum Gasteiger partial charge on any atom is 0.123 e. The Bertz CT molecular complexity index is 729. The van der Waals surface area contributed by atoms with E-state index in [9.17, 15) is 0 Å². The molecule has 0 saturated heterocycles. The molecule has 23 heavy (non-hydrogen) atoms. The molecule has 0 amide bonds. The second-order valence-electron chi connectivity index (χ2n) is 5.56. The van der Waals surface area contributed by atoms with Crippen molar-refractivity contribution in [1.82, 2.24) is 4.90 Å². The third kappa shape index (κ3) is 3.17. The summed E-state index contributed by atoms with van der Waals surface area (Å²) in [6.45, 7) is 0.668. The lowest BCUT2D eigenvalue weighted by Gasteiger charge is -2.32. The summed E-state index contributed by atoms with van der Waals surface area (Å²) in [5.74, 6) is 1.88. The molecule has 0 fully saturated rings. The lowest BCUT2D eigenvalue weighted by atomic mass is 9.84. The molecule has 0 N–H and O–H groups in total. The molecule has 1 aliphatic heterocycles. The molecule has 5 heteroatoms. The van der Waals surface area contributed by atoms with Crippen molar-refractivity contribution in [2.75, 3.05) is 21.2 Å². The van der Waals surface area contributed by atoms with Gasteiger partial charge in [0.25, 0.3) is 0 Å². The normalized spacial score (nSPS) is 16.0. The predicted molar refractivity (Wildman–Crippen MR) is 98.4 cm³/mol. The molecular formula is C18H20Cl2N2O. The lowest BCUT2D eigenvalue weighted by molar-refractivity contribution is 0.407. The van der Waals surface area contributed by atoms with Gasteiger partial charge in [0, 0.05) is 24.7 Å². The van der Waals surface area contributed by atoms with Crippen LogP contribution in [0, 0.1) is 0 Å². The van der Waals surface area contributed by atoms with Gasteiger partial charge < -0.3 is 9.64 Å². The van der Waals surface area contributed by atoms with E-state index in [1.54, 1.807) is 7.11 Å². The van der Waals surface area contributed by atoms with Gasteiger partial charge in [-0.15, -0.1) is 12.4 Å². The predicted octanol–water partition coefficient (Wildman–Crippen LogP) is 4.38. The highest BCUT2D eigenvalue weighted by molar-refractivity contribution is 6.31. The van der Waals surface area contributed by atoms with E-state index in [0.717, 1.165) is 27.7 Å². The van der Waals surface area contributed by atoms with Crippen LogP contribution < -0.4 is 4.74 Å². The maximum absolute atomic E-state index is 6.48. The largest absolute Gasteiger partial charge is 0.496 e. The van der Waals surface area contributed by atoms with E-state index in [1.807, 2.05) is 44.4 Å². The van der Waals surface area contributed by atoms with Gasteiger partial charge in [-0.3, -0.25) is 4.99 Å². The van der Waals surface area contributed by atoms with E-state index in [0.29, 0.717) is 6.54 Å². The van der Waals surface area contributed by atoms with Crippen LogP contribution in [0.3, 0.4) is 0 Å². The number of hydrogen-bond acceptors (Lipinski definition) is 3. The van der Waals surface area contributed by atoms with Crippen molar-refractivity contribution in [3.63, 3.8) is 0 Å². The summed E-state index contributed by atoms with van der Waals surface area (Å²) in [5, 5.41) is 0.751. The Labute approximate surface area is 148 Å². The summed E-state index contributed by atoms with van der Waals surface area (Å²) in [7, 11) is 5.74. The quantitative estimate of drug-likeness (QED) is 0.802. The number of benzene rings is 2. The molecular weight excluding hydrogens is 331 g/mol. The topological polar surface area (TPSA) is 24.8 Å². The van der Waals surface area contributed by atoms with Gasteiger partial charge in [-0.25, -0.2) is 0 Å². The number of likely N-dealkylation sites (N-methyl/N-ethyl adjacent to an activating group) is 1. The highest BCUT2D eigenvalue weighted by Gasteiger charge is 2.31. The highest BCUT2D eigenvalue weighted by atomic mass is 35.5. The van der Waals surface area contributed by atoms with Crippen LogP contribution in [0.2, 0.25) is 5.02 Å². The van der Waals surface area contributed by atoms with E-state index in [-0.39, 0.29) is 18.3 Å². The summed E-state index contributed by atoms with van der Waals surface area (Å²) in [5.41, 5.74) is 3.41. The SMILES string of the molecule is COc1cccc2c1C(c1ccccc1Cl)C(N(C)C)=NC2.Cl. The van der Waals surface area contributed by atoms with E-state index in [4.69, 9.17) is 21.3 Å². The van der Waals surface area contributed by atoms with Crippen molar-refractivity contribution in [1.29, 1.82) is 0 Å². The van der Waals surface area contributed by atoms with Crippen molar-refractivity contribution in [2.45, 2.75) is 12.5 Å². The number of nitrogens with zero attached hydrogens (tertiary/aromatic N) is 2. The van der Waals surface area contributed by atoms with Crippen LogP contribution in [0.15, 0.2) is 47.5 Å². The van der Waals surface area contributed by atoms with E-state index < -0.39 is 0 Å². The minimum atomic E-state index is -0.0106. The van der Waals surface area contributed by atoms with Crippen molar-refractivity contribution < 1.29 is 4.74 Å². The molecule has 1 aliphatic rings. The maximum atomic E-state index is 6.48. The Kier molecular flexibility index (Phi) is 5.55. The summed E-state index contributed by atoms with van der Waals surface area (Å²) < 4.78 is 5.62. The third-order valence-corrected chi connectivity index (χ3v) is 4.35. The number of fused-ring (bicyclic) bond motifs is 1. The highest BCUT2D eigenvalue weighted by Crippen LogP contribution is 2.41. The molecule has 1 unspecified atom stereocenters. The summed E-state index contributed by atoms with van der Waals surface area (Å²) in [4.78, 5) is 6.83. The Morgan fingerprint density at radius 1 is 1.13 bits per heavy atom. The Hall–Kier alpha value is -1.71. The number of aliphatic imine (C=N–C) groups is 1. The zero-order valence-electron chi connectivity index (χ0n) is 13.4. The van der Waals surface area contributed by atoms with Crippen molar-refractivity contribution in [2.24, 2.45) is 4.99 Å². The number of ether oxygens (including phenoxy) is 1. The first kappa shape index (κ1) is 17.6. The van der Waals surface area contributed by atoms with Gasteiger partial charge in [-0.05, 0) is 23.3 Å². The van der Waals surface area contributed by atoms with Gasteiger partial charge in [0.15, 0.2) is 0 Å². The van der Waals surface area contributed by atoms with Gasteiger partial charge in [0.1, 0.15) is 11.6 Å². The second kappa shape index (κ2) is 7.24. The monoisotopic (exact) mass is 350 g/mol.